The lowest BCUT2D eigenvalue weighted by atomic mass is 10.1. The van der Waals surface area contributed by atoms with Gasteiger partial charge in [0, 0.05) is 22.4 Å². The Morgan fingerprint density at radius 3 is 2.72 bits per heavy atom. The summed E-state index contributed by atoms with van der Waals surface area (Å²) in [5.41, 5.74) is 6.53. The molecule has 0 radical (unpaired) electrons. The summed E-state index contributed by atoms with van der Waals surface area (Å²) in [6.45, 7) is 2.01. The number of anilines is 1. The number of hydrogen-bond acceptors (Lipinski definition) is 6. The summed E-state index contributed by atoms with van der Waals surface area (Å²) in [6, 6.07) is 24.8. The number of nitrogens with one attached hydrogen (secondary N) is 1. The highest BCUT2D eigenvalue weighted by Gasteiger charge is 2.10. The molecular formula is C26H21N3O3. The maximum absolute atomic E-state index is 9.94. The average Bonchev–Trinajstić information content (AvgIpc) is 2.82. The quantitative estimate of drug-likeness (QED) is 0.368. The van der Waals surface area contributed by atoms with Crippen LogP contribution in [0.3, 0.4) is 0 Å². The van der Waals surface area contributed by atoms with E-state index >= 15 is 0 Å². The van der Waals surface area contributed by atoms with Gasteiger partial charge >= 0.3 is 0 Å². The zero-order valence-electron chi connectivity index (χ0n) is 17.7. The van der Waals surface area contributed by atoms with E-state index in [0.717, 1.165) is 27.4 Å². The van der Waals surface area contributed by atoms with Crippen LogP contribution in [0.5, 0.6) is 11.5 Å². The molecule has 5 rings (SSSR count). The molecule has 2 aromatic heterocycles. The Labute approximate surface area is 184 Å². The molecule has 0 spiro atoms. The first-order valence-electron chi connectivity index (χ1n) is 10.2. The number of methoxy groups -OCH3 is 1. The summed E-state index contributed by atoms with van der Waals surface area (Å²) < 4.78 is 11.4. The third-order valence-corrected chi connectivity index (χ3v) is 5.25. The normalized spacial score (nSPS) is 11.8. The third-order valence-electron chi connectivity index (χ3n) is 5.25. The number of fused-ring (bicyclic) bond motifs is 2. The SMILES string of the molecule is COc1cc(-c2c/c(=N\Nc3ccc4ccccc4n3)c3ccc(C)cc3o2)ccc1O. The molecule has 0 aliphatic carbocycles. The zero-order valence-corrected chi connectivity index (χ0v) is 17.7. The number of benzene rings is 3. The number of hydrogen-bond donors (Lipinski definition) is 2. The van der Waals surface area contributed by atoms with E-state index in [1.165, 1.54) is 7.11 Å². The highest BCUT2D eigenvalue weighted by atomic mass is 16.5. The lowest BCUT2D eigenvalue weighted by molar-refractivity contribution is 0.373. The van der Waals surface area contributed by atoms with Crippen molar-refractivity contribution in [3.8, 4) is 22.8 Å². The second kappa shape index (κ2) is 8.07. The van der Waals surface area contributed by atoms with Gasteiger partial charge in [0.25, 0.3) is 0 Å². The molecule has 0 saturated carbocycles. The van der Waals surface area contributed by atoms with Crippen LogP contribution in [0.4, 0.5) is 5.82 Å². The molecule has 5 aromatic rings. The van der Waals surface area contributed by atoms with Crippen LogP contribution in [-0.4, -0.2) is 17.2 Å². The van der Waals surface area contributed by atoms with Gasteiger partial charge in [-0.25, -0.2) is 4.98 Å². The highest BCUT2D eigenvalue weighted by Crippen LogP contribution is 2.32. The predicted molar refractivity (Wildman–Crippen MR) is 126 cm³/mol. The van der Waals surface area contributed by atoms with Crippen LogP contribution in [0.25, 0.3) is 33.2 Å². The number of ether oxygens (including phenoxy) is 1. The van der Waals surface area contributed by atoms with Crippen LogP contribution < -0.4 is 15.5 Å². The maximum atomic E-state index is 9.94. The van der Waals surface area contributed by atoms with E-state index in [-0.39, 0.29) is 5.75 Å². The van der Waals surface area contributed by atoms with Gasteiger partial charge in [-0.2, -0.15) is 5.10 Å². The van der Waals surface area contributed by atoms with E-state index in [1.807, 2.05) is 67.6 Å². The fourth-order valence-electron chi connectivity index (χ4n) is 3.59. The number of pyridine rings is 1. The fraction of sp³-hybridized carbons (Fsp3) is 0.0769. The lowest BCUT2D eigenvalue weighted by Gasteiger charge is -2.09. The summed E-state index contributed by atoms with van der Waals surface area (Å²) in [5, 5.41) is 17.2. The van der Waals surface area contributed by atoms with Crippen LogP contribution in [0.15, 0.2) is 88.4 Å². The van der Waals surface area contributed by atoms with Crippen molar-refractivity contribution in [1.82, 2.24) is 4.98 Å². The number of phenolic OH excluding ortho intramolecular Hbond substituents is 1. The molecule has 0 saturated heterocycles. The molecule has 2 heterocycles. The van der Waals surface area contributed by atoms with Gasteiger partial charge in [-0.05, 0) is 61.0 Å². The molecule has 6 heteroatoms. The first-order chi connectivity index (χ1) is 15.6. The number of aromatic nitrogens is 1. The van der Waals surface area contributed by atoms with Gasteiger partial charge in [0.1, 0.15) is 17.2 Å². The number of rotatable bonds is 4. The van der Waals surface area contributed by atoms with Crippen LogP contribution >= 0.6 is 0 Å². The number of aromatic hydroxyl groups is 1. The molecule has 0 amide bonds. The summed E-state index contributed by atoms with van der Waals surface area (Å²) in [6.07, 6.45) is 0. The van der Waals surface area contributed by atoms with E-state index < -0.39 is 0 Å². The fourth-order valence-corrected chi connectivity index (χ4v) is 3.59. The van der Waals surface area contributed by atoms with Gasteiger partial charge in [-0.15, -0.1) is 0 Å². The molecule has 158 valence electrons. The number of para-hydroxylation sites is 1. The van der Waals surface area contributed by atoms with Crippen LogP contribution in [0, 0.1) is 6.92 Å². The van der Waals surface area contributed by atoms with Crippen molar-refractivity contribution in [3.63, 3.8) is 0 Å². The predicted octanol–water partition coefficient (Wildman–Crippen LogP) is 5.60. The number of phenols is 1. The van der Waals surface area contributed by atoms with Gasteiger partial charge in [-0.3, -0.25) is 5.43 Å². The van der Waals surface area contributed by atoms with Gasteiger partial charge in [0.2, 0.25) is 0 Å². The smallest absolute Gasteiger partial charge is 0.161 e. The van der Waals surface area contributed by atoms with Gasteiger partial charge in [-0.1, -0.05) is 24.3 Å². The highest BCUT2D eigenvalue weighted by molar-refractivity contribution is 5.81. The Kier molecular flexibility index (Phi) is 4.95. The van der Waals surface area contributed by atoms with Gasteiger partial charge < -0.3 is 14.3 Å². The number of nitrogens with zero attached hydrogens (tertiary/aromatic N) is 2. The Bertz CT molecular complexity index is 1520. The number of aryl methyl sites for hydroxylation is 1. The van der Waals surface area contributed by atoms with Crippen molar-refractivity contribution in [2.45, 2.75) is 6.92 Å². The topological polar surface area (TPSA) is 79.9 Å². The van der Waals surface area contributed by atoms with E-state index in [4.69, 9.17) is 9.15 Å². The van der Waals surface area contributed by atoms with Crippen molar-refractivity contribution in [2.24, 2.45) is 5.10 Å². The van der Waals surface area contributed by atoms with Crippen molar-refractivity contribution >= 4 is 27.7 Å². The van der Waals surface area contributed by atoms with E-state index in [2.05, 4.69) is 15.5 Å². The second-order valence-corrected chi connectivity index (χ2v) is 7.49. The van der Waals surface area contributed by atoms with E-state index in [9.17, 15) is 5.11 Å². The van der Waals surface area contributed by atoms with Crippen LogP contribution in [0.2, 0.25) is 0 Å². The Morgan fingerprint density at radius 1 is 0.969 bits per heavy atom. The van der Waals surface area contributed by atoms with Crippen molar-refractivity contribution in [3.05, 3.63) is 89.8 Å². The molecule has 0 unspecified atom stereocenters. The largest absolute Gasteiger partial charge is 0.504 e. The Hall–Kier alpha value is -4.32. The molecule has 0 fully saturated rings. The average molecular weight is 423 g/mol. The molecule has 0 atom stereocenters. The summed E-state index contributed by atoms with van der Waals surface area (Å²) in [4.78, 5) is 4.62. The van der Waals surface area contributed by atoms with E-state index in [1.54, 1.807) is 18.2 Å². The minimum Gasteiger partial charge on any atom is -0.504 e. The minimum atomic E-state index is 0.0711. The third kappa shape index (κ3) is 3.74. The van der Waals surface area contributed by atoms with Crippen molar-refractivity contribution in [1.29, 1.82) is 0 Å². The summed E-state index contributed by atoms with van der Waals surface area (Å²) >= 11 is 0. The van der Waals surface area contributed by atoms with Gasteiger partial charge in [0.15, 0.2) is 11.5 Å². The molecule has 32 heavy (non-hydrogen) atoms. The summed E-state index contributed by atoms with van der Waals surface area (Å²) in [7, 11) is 1.51. The monoisotopic (exact) mass is 423 g/mol. The molecule has 0 aliphatic rings. The molecule has 2 N–H and O–H groups in total. The van der Waals surface area contributed by atoms with E-state index in [0.29, 0.717) is 28.3 Å². The molecule has 3 aromatic carbocycles. The maximum Gasteiger partial charge on any atom is 0.161 e. The summed E-state index contributed by atoms with van der Waals surface area (Å²) in [5.74, 6) is 1.70. The van der Waals surface area contributed by atoms with Crippen molar-refractivity contribution in [2.75, 3.05) is 12.5 Å². The Balaban J connectivity index is 1.63. The van der Waals surface area contributed by atoms with Crippen molar-refractivity contribution < 1.29 is 14.3 Å². The lowest BCUT2D eigenvalue weighted by Crippen LogP contribution is -2.08. The standard InChI is InChI=1S/C26H21N3O3/c1-16-7-10-19-21(28-29-26-12-9-17-5-3-4-6-20(17)27-26)15-23(32-24(19)13-16)18-8-11-22(30)25(14-18)31-2/h3-15,30H,1-2H3,(H,27,29)/b28-21+. The zero-order chi connectivity index (χ0) is 22.1. The molecule has 0 bridgehead atoms. The van der Waals surface area contributed by atoms with Gasteiger partial charge in [0.05, 0.1) is 18.0 Å². The molecule has 0 aliphatic heterocycles. The first kappa shape index (κ1) is 19.6. The molecule has 6 nitrogen and oxygen atoms in total. The first-order valence-corrected chi connectivity index (χ1v) is 10.2. The minimum absolute atomic E-state index is 0.0711. The van der Waals surface area contributed by atoms with Crippen LogP contribution in [-0.2, 0) is 0 Å². The Morgan fingerprint density at radius 2 is 1.84 bits per heavy atom. The second-order valence-electron chi connectivity index (χ2n) is 7.49. The van der Waals surface area contributed by atoms with Crippen LogP contribution in [0.1, 0.15) is 5.56 Å². The molecular weight excluding hydrogens is 402 g/mol.